The lowest BCUT2D eigenvalue weighted by Crippen LogP contribution is -2.41. The molecule has 2 aromatic carbocycles. The SMILES string of the molecule is COc1ccccc1NC1=C(N2CCC(C)CC2)C(=O)CC(c2ccccc2)C1C. The molecule has 0 amide bonds. The number of para-hydroxylation sites is 2. The quantitative estimate of drug-likeness (QED) is 0.720. The third-order valence-electron chi connectivity index (χ3n) is 6.69. The lowest BCUT2D eigenvalue weighted by atomic mass is 9.76. The van der Waals surface area contributed by atoms with Crippen molar-refractivity contribution in [2.24, 2.45) is 11.8 Å². The normalized spacial score (nSPS) is 22.9. The Morgan fingerprint density at radius 1 is 0.967 bits per heavy atom. The fourth-order valence-electron chi connectivity index (χ4n) is 4.79. The second kappa shape index (κ2) is 8.95. The van der Waals surface area contributed by atoms with Crippen LogP contribution in [0.5, 0.6) is 5.75 Å². The molecule has 1 N–H and O–H groups in total. The molecule has 2 aliphatic rings. The van der Waals surface area contributed by atoms with Gasteiger partial charge >= 0.3 is 0 Å². The van der Waals surface area contributed by atoms with Crippen LogP contribution in [0, 0.1) is 11.8 Å². The van der Waals surface area contributed by atoms with Crippen molar-refractivity contribution in [3.63, 3.8) is 0 Å². The zero-order valence-corrected chi connectivity index (χ0v) is 18.2. The van der Waals surface area contributed by atoms with Crippen LogP contribution in [-0.2, 0) is 4.79 Å². The fourth-order valence-corrected chi connectivity index (χ4v) is 4.79. The number of benzene rings is 2. The van der Waals surface area contributed by atoms with Crippen molar-refractivity contribution in [3.05, 3.63) is 71.6 Å². The summed E-state index contributed by atoms with van der Waals surface area (Å²) in [5.74, 6) is 2.13. The van der Waals surface area contributed by atoms with Gasteiger partial charge in [-0.15, -0.1) is 0 Å². The second-order valence-electron chi connectivity index (χ2n) is 8.69. The number of nitrogens with one attached hydrogen (secondary N) is 1. The summed E-state index contributed by atoms with van der Waals surface area (Å²) in [5.41, 5.74) is 4.04. The third kappa shape index (κ3) is 4.09. The maximum absolute atomic E-state index is 13.5. The van der Waals surface area contributed by atoms with Gasteiger partial charge in [-0.2, -0.15) is 0 Å². The van der Waals surface area contributed by atoms with Gasteiger partial charge in [0.1, 0.15) is 11.4 Å². The fraction of sp³-hybridized carbons (Fsp3) is 0.423. The smallest absolute Gasteiger partial charge is 0.181 e. The summed E-state index contributed by atoms with van der Waals surface area (Å²) in [5, 5.41) is 3.63. The second-order valence-corrected chi connectivity index (χ2v) is 8.69. The van der Waals surface area contributed by atoms with Crippen LogP contribution in [0.2, 0.25) is 0 Å². The van der Waals surface area contributed by atoms with Crippen molar-refractivity contribution in [1.82, 2.24) is 4.90 Å². The van der Waals surface area contributed by atoms with Gasteiger partial charge in [-0.3, -0.25) is 4.79 Å². The van der Waals surface area contributed by atoms with E-state index in [1.54, 1.807) is 7.11 Å². The van der Waals surface area contributed by atoms with E-state index < -0.39 is 0 Å². The van der Waals surface area contributed by atoms with Crippen LogP contribution in [0.1, 0.15) is 44.6 Å². The minimum atomic E-state index is 0.170. The maximum Gasteiger partial charge on any atom is 0.181 e. The number of ketones is 1. The molecule has 4 rings (SSSR count). The van der Waals surface area contributed by atoms with Gasteiger partial charge in [0.05, 0.1) is 12.8 Å². The monoisotopic (exact) mass is 404 g/mol. The van der Waals surface area contributed by atoms with Gasteiger partial charge in [0.2, 0.25) is 0 Å². The first-order chi connectivity index (χ1) is 14.6. The van der Waals surface area contributed by atoms with Gasteiger partial charge < -0.3 is 15.0 Å². The Morgan fingerprint density at radius 2 is 1.63 bits per heavy atom. The number of Topliss-reactive ketones (excluding diaryl/α,β-unsaturated/α-hetero) is 1. The summed E-state index contributed by atoms with van der Waals surface area (Å²) in [4.78, 5) is 15.8. The summed E-state index contributed by atoms with van der Waals surface area (Å²) in [7, 11) is 1.68. The van der Waals surface area contributed by atoms with E-state index in [0.717, 1.165) is 54.7 Å². The standard InChI is InChI=1S/C26H32N2O2/c1-18-13-15-28(16-14-18)26-23(29)17-21(20-9-5-4-6-10-20)19(2)25(26)27-22-11-7-8-12-24(22)30-3/h4-12,18-19,21,27H,13-17H2,1-3H3. The van der Waals surface area contributed by atoms with E-state index in [1.807, 2.05) is 30.3 Å². The van der Waals surface area contributed by atoms with Gasteiger partial charge in [-0.1, -0.05) is 56.3 Å². The van der Waals surface area contributed by atoms with Crippen LogP contribution in [0.3, 0.4) is 0 Å². The highest BCUT2D eigenvalue weighted by Gasteiger charge is 2.38. The molecule has 158 valence electrons. The molecule has 1 aliphatic carbocycles. The largest absolute Gasteiger partial charge is 0.495 e. The zero-order valence-electron chi connectivity index (χ0n) is 18.2. The first-order valence-electron chi connectivity index (χ1n) is 11.1. The summed E-state index contributed by atoms with van der Waals surface area (Å²) in [6.07, 6.45) is 2.83. The molecule has 2 unspecified atom stereocenters. The first kappa shape index (κ1) is 20.5. The lowest BCUT2D eigenvalue weighted by Gasteiger charge is -2.40. The number of carbonyl (C=O) groups is 1. The van der Waals surface area contributed by atoms with Gasteiger partial charge in [0.25, 0.3) is 0 Å². The molecule has 1 fully saturated rings. The molecule has 0 saturated carbocycles. The number of anilines is 1. The number of likely N-dealkylation sites (tertiary alicyclic amines) is 1. The van der Waals surface area contributed by atoms with E-state index >= 15 is 0 Å². The number of ether oxygens (including phenoxy) is 1. The number of rotatable bonds is 5. The molecular formula is C26H32N2O2. The summed E-state index contributed by atoms with van der Waals surface area (Å²) in [6, 6.07) is 18.4. The Morgan fingerprint density at radius 3 is 2.33 bits per heavy atom. The van der Waals surface area contributed by atoms with Crippen LogP contribution >= 0.6 is 0 Å². The molecule has 2 aromatic rings. The Balaban J connectivity index is 1.75. The molecular weight excluding hydrogens is 372 g/mol. The first-order valence-corrected chi connectivity index (χ1v) is 11.1. The van der Waals surface area contributed by atoms with Crippen molar-refractivity contribution >= 4 is 11.5 Å². The Labute approximate surface area is 179 Å². The van der Waals surface area contributed by atoms with Crippen LogP contribution in [0.15, 0.2) is 66.0 Å². The van der Waals surface area contributed by atoms with Gasteiger partial charge in [-0.05, 0) is 42.4 Å². The predicted octanol–water partition coefficient (Wildman–Crippen LogP) is 5.44. The molecule has 30 heavy (non-hydrogen) atoms. The predicted molar refractivity (Wildman–Crippen MR) is 122 cm³/mol. The van der Waals surface area contributed by atoms with E-state index in [-0.39, 0.29) is 17.6 Å². The number of carbonyl (C=O) groups excluding carboxylic acids is 1. The number of methoxy groups -OCH3 is 1. The summed E-state index contributed by atoms with van der Waals surface area (Å²) >= 11 is 0. The number of nitrogens with zero attached hydrogens (tertiary/aromatic N) is 1. The van der Waals surface area contributed by atoms with Crippen LogP contribution in [-0.4, -0.2) is 30.9 Å². The van der Waals surface area contributed by atoms with Crippen molar-refractivity contribution in [2.45, 2.75) is 39.0 Å². The Hall–Kier alpha value is -2.75. The third-order valence-corrected chi connectivity index (χ3v) is 6.69. The molecule has 0 spiro atoms. The number of piperidine rings is 1. The van der Waals surface area contributed by atoms with E-state index in [1.165, 1.54) is 5.56 Å². The zero-order chi connectivity index (χ0) is 21.1. The van der Waals surface area contributed by atoms with Crippen LogP contribution in [0.25, 0.3) is 0 Å². The van der Waals surface area contributed by atoms with Crippen LogP contribution in [0.4, 0.5) is 5.69 Å². The highest BCUT2D eigenvalue weighted by atomic mass is 16.5. The molecule has 1 heterocycles. The van der Waals surface area contributed by atoms with Crippen molar-refractivity contribution in [2.75, 3.05) is 25.5 Å². The molecule has 1 aliphatic heterocycles. The molecule has 1 saturated heterocycles. The molecule has 0 bridgehead atoms. The summed E-state index contributed by atoms with van der Waals surface area (Å²) < 4.78 is 5.57. The highest BCUT2D eigenvalue weighted by Crippen LogP contribution is 2.42. The number of allylic oxidation sites excluding steroid dienone is 2. The molecule has 2 atom stereocenters. The lowest BCUT2D eigenvalue weighted by molar-refractivity contribution is -0.118. The topological polar surface area (TPSA) is 41.6 Å². The van der Waals surface area contributed by atoms with Crippen molar-refractivity contribution in [1.29, 1.82) is 0 Å². The minimum Gasteiger partial charge on any atom is -0.495 e. The summed E-state index contributed by atoms with van der Waals surface area (Å²) in [6.45, 7) is 6.44. The minimum absolute atomic E-state index is 0.170. The average molecular weight is 405 g/mol. The van der Waals surface area contributed by atoms with Crippen molar-refractivity contribution < 1.29 is 9.53 Å². The number of hydrogen-bond acceptors (Lipinski definition) is 4. The Kier molecular flexibility index (Phi) is 6.12. The maximum atomic E-state index is 13.5. The highest BCUT2D eigenvalue weighted by molar-refractivity contribution is 5.98. The van der Waals surface area contributed by atoms with E-state index in [9.17, 15) is 4.79 Å². The molecule has 0 aromatic heterocycles. The van der Waals surface area contributed by atoms with Gasteiger partial charge in [-0.25, -0.2) is 0 Å². The Bertz CT molecular complexity index is 914. The van der Waals surface area contributed by atoms with E-state index in [2.05, 4.69) is 48.3 Å². The molecule has 4 heteroatoms. The van der Waals surface area contributed by atoms with Crippen LogP contribution < -0.4 is 10.1 Å². The number of hydrogen-bond donors (Lipinski definition) is 1. The molecule has 4 nitrogen and oxygen atoms in total. The van der Waals surface area contributed by atoms with E-state index in [4.69, 9.17) is 4.74 Å². The van der Waals surface area contributed by atoms with Crippen molar-refractivity contribution in [3.8, 4) is 5.75 Å². The van der Waals surface area contributed by atoms with E-state index in [0.29, 0.717) is 6.42 Å². The molecule has 0 radical (unpaired) electrons. The van der Waals surface area contributed by atoms with Gasteiger partial charge in [0, 0.05) is 31.1 Å². The average Bonchev–Trinajstić information content (AvgIpc) is 2.78. The van der Waals surface area contributed by atoms with Gasteiger partial charge in [0.15, 0.2) is 5.78 Å².